The minimum atomic E-state index is 0.139. The van der Waals surface area contributed by atoms with Gasteiger partial charge in [0.25, 0.3) is 0 Å². The van der Waals surface area contributed by atoms with E-state index < -0.39 is 0 Å². The number of ether oxygens (including phenoxy) is 1. The number of hydrogen-bond donors (Lipinski definition) is 2. The quantitative estimate of drug-likeness (QED) is 0.643. The Bertz CT molecular complexity index is 209. The molecule has 0 radical (unpaired) electrons. The third kappa shape index (κ3) is 5.47. The van der Waals surface area contributed by atoms with Crippen LogP contribution in [0, 0.1) is 0 Å². The van der Waals surface area contributed by atoms with Crippen molar-refractivity contribution in [2.24, 2.45) is 5.73 Å². The van der Waals surface area contributed by atoms with Crippen LogP contribution in [0.15, 0.2) is 0 Å². The van der Waals surface area contributed by atoms with E-state index in [0.717, 1.165) is 38.6 Å². The highest BCUT2D eigenvalue weighted by molar-refractivity contribution is 5.75. The minimum absolute atomic E-state index is 0.139. The molecule has 4 heteroatoms. The fourth-order valence-electron chi connectivity index (χ4n) is 1.98. The van der Waals surface area contributed by atoms with Crippen LogP contribution in [0.3, 0.4) is 0 Å². The normalized spacial score (nSPS) is 24.6. The van der Waals surface area contributed by atoms with Gasteiger partial charge in [0.05, 0.1) is 12.2 Å². The molecule has 0 bridgehead atoms. The first kappa shape index (κ1) is 13.5. The first-order chi connectivity index (χ1) is 7.72. The second-order valence-electron chi connectivity index (χ2n) is 4.53. The van der Waals surface area contributed by atoms with Crippen molar-refractivity contribution in [2.75, 3.05) is 13.1 Å². The molecule has 0 saturated carbocycles. The van der Waals surface area contributed by atoms with Crippen LogP contribution in [0.4, 0.5) is 0 Å². The minimum Gasteiger partial charge on any atom is -0.375 e. The Kier molecular flexibility index (Phi) is 6.42. The smallest absolute Gasteiger partial charge is 0.220 e. The van der Waals surface area contributed by atoms with Crippen molar-refractivity contribution in [2.45, 2.75) is 57.7 Å². The highest BCUT2D eigenvalue weighted by Gasteiger charge is 2.21. The molecule has 0 aromatic rings. The number of rotatable bonds is 7. The van der Waals surface area contributed by atoms with Crippen LogP contribution in [0.1, 0.15) is 45.4 Å². The lowest BCUT2D eigenvalue weighted by Crippen LogP contribution is -2.25. The predicted octanol–water partition coefficient (Wildman–Crippen LogP) is 1.19. The van der Waals surface area contributed by atoms with Gasteiger partial charge in [0.15, 0.2) is 0 Å². The maximum absolute atomic E-state index is 11.4. The van der Waals surface area contributed by atoms with Crippen molar-refractivity contribution in [1.29, 1.82) is 0 Å². The Balaban J connectivity index is 1.97. The van der Waals surface area contributed by atoms with Gasteiger partial charge in [0.1, 0.15) is 0 Å². The maximum Gasteiger partial charge on any atom is 0.220 e. The lowest BCUT2D eigenvalue weighted by molar-refractivity contribution is -0.121. The van der Waals surface area contributed by atoms with E-state index in [-0.39, 0.29) is 5.91 Å². The van der Waals surface area contributed by atoms with Crippen LogP contribution < -0.4 is 11.1 Å². The molecule has 2 atom stereocenters. The Morgan fingerprint density at radius 2 is 2.25 bits per heavy atom. The standard InChI is InChI=1S/C12H24N2O2/c1-10-4-5-11(16-10)6-7-12(15)14-9-3-2-8-13/h10-11H,2-9,13H2,1H3,(H,14,15). The van der Waals surface area contributed by atoms with E-state index in [2.05, 4.69) is 12.2 Å². The summed E-state index contributed by atoms with van der Waals surface area (Å²) >= 11 is 0. The van der Waals surface area contributed by atoms with Crippen LogP contribution in [0.2, 0.25) is 0 Å². The van der Waals surface area contributed by atoms with Crippen molar-refractivity contribution >= 4 is 5.91 Å². The van der Waals surface area contributed by atoms with Gasteiger partial charge in [-0.25, -0.2) is 0 Å². The molecule has 3 N–H and O–H groups in total. The van der Waals surface area contributed by atoms with Crippen molar-refractivity contribution in [3.8, 4) is 0 Å². The maximum atomic E-state index is 11.4. The lowest BCUT2D eigenvalue weighted by Gasteiger charge is -2.10. The summed E-state index contributed by atoms with van der Waals surface area (Å²) in [7, 11) is 0. The number of nitrogens with one attached hydrogen (secondary N) is 1. The van der Waals surface area contributed by atoms with E-state index >= 15 is 0 Å². The third-order valence-electron chi connectivity index (χ3n) is 2.97. The SMILES string of the molecule is CC1CCC(CCC(=O)NCCCCN)O1. The first-order valence-electron chi connectivity index (χ1n) is 6.34. The lowest BCUT2D eigenvalue weighted by atomic mass is 10.1. The van der Waals surface area contributed by atoms with E-state index in [1.807, 2.05) is 0 Å². The molecule has 94 valence electrons. The Morgan fingerprint density at radius 1 is 1.44 bits per heavy atom. The van der Waals surface area contributed by atoms with E-state index in [9.17, 15) is 4.79 Å². The molecule has 0 spiro atoms. The molecule has 4 nitrogen and oxygen atoms in total. The molecule has 0 aliphatic carbocycles. The van der Waals surface area contributed by atoms with Crippen LogP contribution >= 0.6 is 0 Å². The molecule has 0 aromatic carbocycles. The van der Waals surface area contributed by atoms with Gasteiger partial charge in [0.2, 0.25) is 5.91 Å². The third-order valence-corrected chi connectivity index (χ3v) is 2.97. The summed E-state index contributed by atoms with van der Waals surface area (Å²) < 4.78 is 5.66. The topological polar surface area (TPSA) is 64.4 Å². The Labute approximate surface area is 97.9 Å². The average Bonchev–Trinajstić information content (AvgIpc) is 2.68. The average molecular weight is 228 g/mol. The number of nitrogens with two attached hydrogens (primary N) is 1. The van der Waals surface area contributed by atoms with E-state index in [1.54, 1.807) is 0 Å². The van der Waals surface area contributed by atoms with Crippen LogP contribution in [-0.4, -0.2) is 31.2 Å². The van der Waals surface area contributed by atoms with Crippen LogP contribution in [0.5, 0.6) is 0 Å². The highest BCUT2D eigenvalue weighted by atomic mass is 16.5. The van der Waals surface area contributed by atoms with Crippen LogP contribution in [-0.2, 0) is 9.53 Å². The zero-order valence-corrected chi connectivity index (χ0v) is 10.2. The van der Waals surface area contributed by atoms with Gasteiger partial charge in [-0.2, -0.15) is 0 Å². The summed E-state index contributed by atoms with van der Waals surface area (Å²) in [4.78, 5) is 11.4. The molecule has 1 heterocycles. The molecule has 1 aliphatic rings. The fraction of sp³-hybridized carbons (Fsp3) is 0.917. The van der Waals surface area contributed by atoms with Crippen molar-refractivity contribution in [3.63, 3.8) is 0 Å². The number of hydrogen-bond acceptors (Lipinski definition) is 3. The van der Waals surface area contributed by atoms with Gasteiger partial charge in [-0.3, -0.25) is 4.79 Å². The summed E-state index contributed by atoms with van der Waals surface area (Å²) in [5, 5.41) is 2.90. The second kappa shape index (κ2) is 7.63. The monoisotopic (exact) mass is 228 g/mol. The predicted molar refractivity (Wildman–Crippen MR) is 64.1 cm³/mol. The van der Waals surface area contributed by atoms with E-state index in [4.69, 9.17) is 10.5 Å². The van der Waals surface area contributed by atoms with Crippen molar-refractivity contribution in [1.82, 2.24) is 5.32 Å². The summed E-state index contributed by atoms with van der Waals surface area (Å²) in [6.45, 7) is 3.54. The van der Waals surface area contributed by atoms with Gasteiger partial charge in [0, 0.05) is 13.0 Å². The number of amides is 1. The summed E-state index contributed by atoms with van der Waals surface area (Å²) in [6.07, 6.45) is 6.28. The highest BCUT2D eigenvalue weighted by Crippen LogP contribution is 2.22. The van der Waals surface area contributed by atoms with Gasteiger partial charge in [-0.05, 0) is 45.6 Å². The number of carbonyl (C=O) groups is 1. The van der Waals surface area contributed by atoms with Gasteiger partial charge < -0.3 is 15.8 Å². The molecule has 1 amide bonds. The Morgan fingerprint density at radius 3 is 2.88 bits per heavy atom. The first-order valence-corrected chi connectivity index (χ1v) is 6.34. The van der Waals surface area contributed by atoms with Gasteiger partial charge in [-0.15, -0.1) is 0 Å². The summed E-state index contributed by atoms with van der Waals surface area (Å²) in [5.74, 6) is 0.139. The molecule has 2 unspecified atom stereocenters. The van der Waals surface area contributed by atoms with Gasteiger partial charge >= 0.3 is 0 Å². The zero-order chi connectivity index (χ0) is 11.8. The summed E-state index contributed by atoms with van der Waals surface area (Å²) in [5.41, 5.74) is 5.37. The number of unbranched alkanes of at least 4 members (excludes halogenated alkanes) is 1. The molecule has 0 aromatic heterocycles. The molecule has 16 heavy (non-hydrogen) atoms. The van der Waals surface area contributed by atoms with E-state index in [1.165, 1.54) is 0 Å². The molecule has 1 rings (SSSR count). The largest absolute Gasteiger partial charge is 0.375 e. The second-order valence-corrected chi connectivity index (χ2v) is 4.53. The van der Waals surface area contributed by atoms with Gasteiger partial charge in [-0.1, -0.05) is 0 Å². The van der Waals surface area contributed by atoms with Crippen molar-refractivity contribution < 1.29 is 9.53 Å². The molecular weight excluding hydrogens is 204 g/mol. The zero-order valence-electron chi connectivity index (χ0n) is 10.2. The Hall–Kier alpha value is -0.610. The number of carbonyl (C=O) groups excluding carboxylic acids is 1. The molecule has 1 aliphatic heterocycles. The van der Waals surface area contributed by atoms with Crippen LogP contribution in [0.25, 0.3) is 0 Å². The van der Waals surface area contributed by atoms with E-state index in [0.29, 0.717) is 25.2 Å². The van der Waals surface area contributed by atoms with Crippen molar-refractivity contribution in [3.05, 3.63) is 0 Å². The molecular formula is C12H24N2O2. The fourth-order valence-corrected chi connectivity index (χ4v) is 1.98. The molecule has 1 fully saturated rings. The molecule has 1 saturated heterocycles. The summed E-state index contributed by atoms with van der Waals surface area (Å²) in [6, 6.07) is 0.